The molecule has 0 saturated carbocycles. The van der Waals surface area contributed by atoms with Gasteiger partial charge in [0.25, 0.3) is 5.91 Å². The van der Waals surface area contributed by atoms with Gasteiger partial charge in [-0.05, 0) is 29.8 Å². The third-order valence-electron chi connectivity index (χ3n) is 4.46. The average molecular weight is 429 g/mol. The zero-order valence-corrected chi connectivity index (χ0v) is 16.3. The van der Waals surface area contributed by atoms with Gasteiger partial charge in [0.1, 0.15) is 23.1 Å². The second kappa shape index (κ2) is 7.62. The first-order valence-corrected chi connectivity index (χ1v) is 9.31. The zero-order valence-electron chi connectivity index (χ0n) is 14.8. The van der Waals surface area contributed by atoms with E-state index < -0.39 is 17.9 Å². The van der Waals surface area contributed by atoms with Gasteiger partial charge in [-0.15, -0.1) is 0 Å². The quantitative estimate of drug-likeness (QED) is 0.571. The largest absolute Gasteiger partial charge is 0.477 e. The van der Waals surface area contributed by atoms with Crippen LogP contribution in [0.5, 0.6) is 0 Å². The van der Waals surface area contributed by atoms with Crippen molar-refractivity contribution in [1.29, 1.82) is 0 Å². The average Bonchev–Trinajstić information content (AvgIpc) is 3.13. The predicted molar refractivity (Wildman–Crippen MR) is 111 cm³/mol. The highest BCUT2D eigenvalue weighted by Crippen LogP contribution is 2.35. The highest BCUT2D eigenvalue weighted by molar-refractivity contribution is 6.34. The second-order valence-electron chi connectivity index (χ2n) is 6.26. The van der Waals surface area contributed by atoms with E-state index in [2.05, 4.69) is 15.7 Å². The van der Waals surface area contributed by atoms with Gasteiger partial charge < -0.3 is 15.7 Å². The van der Waals surface area contributed by atoms with Crippen molar-refractivity contribution in [2.45, 2.75) is 6.04 Å². The number of nitrogens with one attached hydrogen (secondary N) is 2. The Morgan fingerprint density at radius 1 is 1.07 bits per heavy atom. The van der Waals surface area contributed by atoms with Crippen molar-refractivity contribution in [3.63, 3.8) is 0 Å². The number of hydrogen-bond donors (Lipinski definition) is 3. The van der Waals surface area contributed by atoms with E-state index in [1.807, 2.05) is 0 Å². The third-order valence-corrected chi connectivity index (χ3v) is 5.13. The summed E-state index contributed by atoms with van der Waals surface area (Å²) in [6.45, 7) is 0. The molecular formula is C20H14Cl2N4O3. The molecular weight excluding hydrogens is 415 g/mol. The number of carbonyl (C=O) groups is 2. The summed E-state index contributed by atoms with van der Waals surface area (Å²) in [5, 5.41) is 20.2. The fourth-order valence-electron chi connectivity index (χ4n) is 3.08. The SMILES string of the molecule is O=C(O)C1=CC(c2ccccc2Cl)n2ncc(C(=O)Nc3ccccc3Cl)c2N1. The van der Waals surface area contributed by atoms with Crippen molar-refractivity contribution in [2.24, 2.45) is 0 Å². The van der Waals surface area contributed by atoms with Crippen LogP contribution in [-0.4, -0.2) is 26.8 Å². The highest BCUT2D eigenvalue weighted by Gasteiger charge is 2.30. The Morgan fingerprint density at radius 2 is 1.76 bits per heavy atom. The molecule has 1 atom stereocenters. The molecule has 0 spiro atoms. The minimum Gasteiger partial charge on any atom is -0.477 e. The molecule has 9 heteroatoms. The first-order valence-electron chi connectivity index (χ1n) is 8.55. The smallest absolute Gasteiger partial charge is 0.352 e. The Kier molecular flexibility index (Phi) is 5.00. The van der Waals surface area contributed by atoms with Crippen LogP contribution in [0.15, 0.2) is 66.5 Å². The van der Waals surface area contributed by atoms with Crippen LogP contribution in [-0.2, 0) is 4.79 Å². The molecule has 0 bridgehead atoms. The summed E-state index contributed by atoms with van der Waals surface area (Å²) in [5.74, 6) is -1.39. The second-order valence-corrected chi connectivity index (χ2v) is 7.08. The van der Waals surface area contributed by atoms with Gasteiger partial charge in [-0.25, -0.2) is 9.48 Å². The minimum atomic E-state index is -1.16. The number of aliphatic carboxylic acids is 1. The lowest BCUT2D eigenvalue weighted by Crippen LogP contribution is -2.25. The van der Waals surface area contributed by atoms with E-state index in [4.69, 9.17) is 23.2 Å². The number of allylic oxidation sites excluding steroid dienone is 1. The number of para-hydroxylation sites is 1. The Labute approximate surface area is 175 Å². The molecule has 3 aromatic rings. The number of hydrogen-bond acceptors (Lipinski definition) is 4. The molecule has 2 heterocycles. The molecule has 1 amide bonds. The lowest BCUT2D eigenvalue weighted by atomic mass is 10.0. The van der Waals surface area contributed by atoms with Crippen LogP contribution in [0.2, 0.25) is 10.0 Å². The molecule has 2 aromatic carbocycles. The lowest BCUT2D eigenvalue weighted by molar-refractivity contribution is -0.132. The fourth-order valence-corrected chi connectivity index (χ4v) is 3.51. The number of benzene rings is 2. The van der Waals surface area contributed by atoms with E-state index in [0.29, 0.717) is 21.3 Å². The number of carboxylic acid groups (broad SMARTS) is 1. The molecule has 3 N–H and O–H groups in total. The normalized spacial score (nSPS) is 15.1. The van der Waals surface area contributed by atoms with Gasteiger partial charge in [0.2, 0.25) is 0 Å². The van der Waals surface area contributed by atoms with Gasteiger partial charge in [0.05, 0.1) is 16.9 Å². The first kappa shape index (κ1) is 19.0. The number of rotatable bonds is 4. The lowest BCUT2D eigenvalue weighted by Gasteiger charge is -2.25. The fraction of sp³-hybridized carbons (Fsp3) is 0.0500. The number of aromatic nitrogens is 2. The maximum Gasteiger partial charge on any atom is 0.352 e. The third kappa shape index (κ3) is 3.57. The van der Waals surface area contributed by atoms with Gasteiger partial charge in [-0.1, -0.05) is 53.5 Å². The standard InChI is InChI=1S/C20H14Cl2N4O3/c21-13-6-2-1-5-11(13)17-9-16(20(28)29)24-18-12(10-23-26(17)18)19(27)25-15-8-4-3-7-14(15)22/h1-10,17,24H,(H,25,27)(H,28,29). The number of anilines is 2. The Morgan fingerprint density at radius 3 is 2.45 bits per heavy atom. The summed E-state index contributed by atoms with van der Waals surface area (Å²) in [6, 6.07) is 13.3. The molecule has 146 valence electrons. The van der Waals surface area contributed by atoms with E-state index >= 15 is 0 Å². The van der Waals surface area contributed by atoms with Crippen LogP contribution in [0.1, 0.15) is 22.0 Å². The molecule has 1 aliphatic rings. The van der Waals surface area contributed by atoms with Crippen LogP contribution < -0.4 is 10.6 Å². The van der Waals surface area contributed by atoms with Crippen LogP contribution in [0.25, 0.3) is 0 Å². The summed E-state index contributed by atoms with van der Waals surface area (Å²) in [5.41, 5.74) is 1.20. The maximum absolute atomic E-state index is 12.8. The molecule has 0 fully saturated rings. The van der Waals surface area contributed by atoms with Crippen molar-refractivity contribution >= 4 is 46.6 Å². The molecule has 7 nitrogen and oxygen atoms in total. The molecule has 4 rings (SSSR count). The Balaban J connectivity index is 1.75. The predicted octanol–water partition coefficient (Wildman–Crippen LogP) is 4.43. The van der Waals surface area contributed by atoms with Crippen LogP contribution in [0.4, 0.5) is 11.5 Å². The summed E-state index contributed by atoms with van der Waals surface area (Å²) in [6.07, 6.45) is 2.87. The van der Waals surface area contributed by atoms with Gasteiger partial charge in [-0.3, -0.25) is 4.79 Å². The number of fused-ring (bicyclic) bond motifs is 1. The summed E-state index contributed by atoms with van der Waals surface area (Å²) < 4.78 is 1.52. The van der Waals surface area contributed by atoms with E-state index in [-0.39, 0.29) is 17.1 Å². The number of halogens is 2. The van der Waals surface area contributed by atoms with Gasteiger partial charge in [-0.2, -0.15) is 5.10 Å². The molecule has 0 radical (unpaired) electrons. The van der Waals surface area contributed by atoms with Crippen LogP contribution >= 0.6 is 23.2 Å². The number of nitrogens with zero attached hydrogens (tertiary/aromatic N) is 2. The summed E-state index contributed by atoms with van der Waals surface area (Å²) in [7, 11) is 0. The van der Waals surface area contributed by atoms with E-state index in [1.54, 1.807) is 48.5 Å². The Hall–Kier alpha value is -3.29. The maximum atomic E-state index is 12.8. The zero-order chi connectivity index (χ0) is 20.5. The summed E-state index contributed by atoms with van der Waals surface area (Å²) >= 11 is 12.4. The molecule has 0 saturated heterocycles. The molecule has 29 heavy (non-hydrogen) atoms. The van der Waals surface area contributed by atoms with Crippen molar-refractivity contribution in [2.75, 3.05) is 10.6 Å². The van der Waals surface area contributed by atoms with Crippen LogP contribution in [0.3, 0.4) is 0 Å². The van der Waals surface area contributed by atoms with E-state index in [0.717, 1.165) is 0 Å². The van der Waals surface area contributed by atoms with E-state index in [1.165, 1.54) is 17.0 Å². The van der Waals surface area contributed by atoms with Crippen molar-refractivity contribution in [1.82, 2.24) is 9.78 Å². The van der Waals surface area contributed by atoms with Gasteiger partial charge >= 0.3 is 5.97 Å². The number of carboxylic acids is 1. The van der Waals surface area contributed by atoms with Gasteiger partial charge in [0, 0.05) is 5.02 Å². The summed E-state index contributed by atoms with van der Waals surface area (Å²) in [4.78, 5) is 24.5. The van der Waals surface area contributed by atoms with E-state index in [9.17, 15) is 14.7 Å². The molecule has 1 aliphatic heterocycles. The monoisotopic (exact) mass is 428 g/mol. The van der Waals surface area contributed by atoms with Gasteiger partial charge in [0.15, 0.2) is 0 Å². The first-order chi connectivity index (χ1) is 14.0. The molecule has 1 unspecified atom stereocenters. The topological polar surface area (TPSA) is 96.2 Å². The van der Waals surface area contributed by atoms with Crippen molar-refractivity contribution < 1.29 is 14.7 Å². The van der Waals surface area contributed by atoms with Crippen molar-refractivity contribution in [3.05, 3.63) is 87.7 Å². The highest BCUT2D eigenvalue weighted by atomic mass is 35.5. The number of amides is 1. The minimum absolute atomic E-state index is 0.0743. The van der Waals surface area contributed by atoms with Crippen molar-refractivity contribution in [3.8, 4) is 0 Å². The Bertz CT molecular complexity index is 1160. The molecule has 0 aliphatic carbocycles. The number of carbonyl (C=O) groups excluding carboxylic acids is 1. The van der Waals surface area contributed by atoms with Crippen LogP contribution in [0, 0.1) is 0 Å². The molecule has 1 aromatic heterocycles.